The van der Waals surface area contributed by atoms with E-state index in [0.29, 0.717) is 24.9 Å². The number of rotatable bonds is 1. The third-order valence-electron chi connectivity index (χ3n) is 4.45. The Morgan fingerprint density at radius 2 is 2.09 bits per heavy atom. The van der Waals surface area contributed by atoms with Crippen LogP contribution in [0.4, 0.5) is 19.0 Å². The summed E-state index contributed by atoms with van der Waals surface area (Å²) >= 11 is 0. The number of hydrogen-bond donors (Lipinski definition) is 1. The Balaban J connectivity index is 1.96. The van der Waals surface area contributed by atoms with Gasteiger partial charge in [-0.1, -0.05) is 0 Å². The summed E-state index contributed by atoms with van der Waals surface area (Å²) in [7, 11) is 0. The van der Waals surface area contributed by atoms with Gasteiger partial charge in [0.1, 0.15) is 5.82 Å². The first-order valence-corrected chi connectivity index (χ1v) is 7.63. The topological polar surface area (TPSA) is 48.5 Å². The second kappa shape index (κ2) is 5.67. The van der Waals surface area contributed by atoms with Gasteiger partial charge < -0.3 is 10.2 Å². The number of alkyl halides is 3. The summed E-state index contributed by atoms with van der Waals surface area (Å²) < 4.78 is 38.6. The number of carbonyl (C=O) groups is 1. The van der Waals surface area contributed by atoms with E-state index in [-0.39, 0.29) is 11.6 Å². The number of piperazine rings is 1. The molecular formula is C15H19F3N4O. The van der Waals surface area contributed by atoms with Crippen LogP contribution in [0, 0.1) is 0 Å². The summed E-state index contributed by atoms with van der Waals surface area (Å²) in [6, 6.07) is 1.30. The molecule has 0 spiro atoms. The van der Waals surface area contributed by atoms with Crippen LogP contribution in [-0.4, -0.2) is 54.1 Å². The van der Waals surface area contributed by atoms with Gasteiger partial charge >= 0.3 is 6.18 Å². The number of nitrogens with one attached hydrogen (secondary N) is 1. The van der Waals surface area contributed by atoms with Gasteiger partial charge in [0.25, 0.3) is 5.91 Å². The normalized spacial score (nSPS) is 22.4. The molecule has 1 fully saturated rings. The van der Waals surface area contributed by atoms with Crippen molar-refractivity contribution < 1.29 is 18.0 Å². The summed E-state index contributed by atoms with van der Waals surface area (Å²) in [5.74, 6) is -0.148. The SMILES string of the molecule is CC(C)N1CCN2c3ncc(C(F)(F)F)cc3C(=O)NC[C@@H]2C1. The van der Waals surface area contributed by atoms with Crippen LogP contribution in [0.15, 0.2) is 12.3 Å². The summed E-state index contributed by atoms with van der Waals surface area (Å²) in [6.45, 7) is 6.80. The van der Waals surface area contributed by atoms with Gasteiger partial charge in [-0.25, -0.2) is 4.98 Å². The maximum absolute atomic E-state index is 12.9. The van der Waals surface area contributed by atoms with Gasteiger partial charge in [0.2, 0.25) is 0 Å². The van der Waals surface area contributed by atoms with Gasteiger partial charge in [0.05, 0.1) is 17.2 Å². The number of aromatic nitrogens is 1. The van der Waals surface area contributed by atoms with Crippen molar-refractivity contribution >= 4 is 11.7 Å². The summed E-state index contributed by atoms with van der Waals surface area (Å²) in [5, 5.41) is 2.72. The number of halogens is 3. The van der Waals surface area contributed by atoms with Crippen molar-refractivity contribution in [1.29, 1.82) is 0 Å². The number of nitrogens with zero attached hydrogens (tertiary/aromatic N) is 3. The molecule has 8 heteroatoms. The van der Waals surface area contributed by atoms with E-state index < -0.39 is 17.6 Å². The highest BCUT2D eigenvalue weighted by Crippen LogP contribution is 2.33. The molecule has 1 amide bonds. The predicted octanol–water partition coefficient (Wildman–Crippen LogP) is 1.74. The molecule has 2 aliphatic rings. The van der Waals surface area contributed by atoms with E-state index in [1.165, 1.54) is 0 Å². The summed E-state index contributed by atoms with van der Waals surface area (Å²) in [4.78, 5) is 20.4. The third kappa shape index (κ3) is 2.99. The molecule has 126 valence electrons. The lowest BCUT2D eigenvalue weighted by atomic mass is 10.1. The minimum absolute atomic E-state index is 0.000298. The largest absolute Gasteiger partial charge is 0.417 e. The van der Waals surface area contributed by atoms with E-state index in [1.54, 1.807) is 0 Å². The zero-order chi connectivity index (χ0) is 16.8. The number of amides is 1. The number of carbonyl (C=O) groups excluding carboxylic acids is 1. The van der Waals surface area contributed by atoms with E-state index in [4.69, 9.17) is 0 Å². The maximum atomic E-state index is 12.9. The molecule has 1 aromatic heterocycles. The van der Waals surface area contributed by atoms with Gasteiger partial charge in [-0.05, 0) is 19.9 Å². The average Bonchev–Trinajstić information content (AvgIpc) is 2.63. The molecule has 0 unspecified atom stereocenters. The fraction of sp³-hybridized carbons (Fsp3) is 0.600. The van der Waals surface area contributed by atoms with Crippen LogP contribution in [0.3, 0.4) is 0 Å². The first-order valence-electron chi connectivity index (χ1n) is 7.63. The highest BCUT2D eigenvalue weighted by atomic mass is 19.4. The van der Waals surface area contributed by atoms with Crippen molar-refractivity contribution in [3.8, 4) is 0 Å². The van der Waals surface area contributed by atoms with E-state index in [2.05, 4.69) is 29.0 Å². The van der Waals surface area contributed by atoms with Crippen LogP contribution in [0.25, 0.3) is 0 Å². The Morgan fingerprint density at radius 1 is 1.35 bits per heavy atom. The van der Waals surface area contributed by atoms with Crippen LogP contribution < -0.4 is 10.2 Å². The Kier molecular flexibility index (Phi) is 3.95. The fourth-order valence-corrected chi connectivity index (χ4v) is 3.12. The highest BCUT2D eigenvalue weighted by molar-refractivity contribution is 5.99. The molecule has 1 saturated heterocycles. The van der Waals surface area contributed by atoms with Crippen molar-refractivity contribution in [3.63, 3.8) is 0 Å². The molecule has 0 saturated carbocycles. The molecule has 2 aliphatic heterocycles. The van der Waals surface area contributed by atoms with Gasteiger partial charge in [0.15, 0.2) is 0 Å². The first-order chi connectivity index (χ1) is 10.8. The maximum Gasteiger partial charge on any atom is 0.417 e. The lowest BCUT2D eigenvalue weighted by Crippen LogP contribution is -2.57. The molecule has 23 heavy (non-hydrogen) atoms. The Morgan fingerprint density at radius 3 is 2.74 bits per heavy atom. The lowest BCUT2D eigenvalue weighted by Gasteiger charge is -2.43. The summed E-state index contributed by atoms with van der Waals surface area (Å²) in [5.41, 5.74) is -0.897. The van der Waals surface area contributed by atoms with Gasteiger partial charge in [-0.3, -0.25) is 9.69 Å². The quantitative estimate of drug-likeness (QED) is 0.853. The number of hydrogen-bond acceptors (Lipinski definition) is 4. The minimum atomic E-state index is -4.51. The summed E-state index contributed by atoms with van der Waals surface area (Å²) in [6.07, 6.45) is -3.70. The Bertz CT molecular complexity index is 617. The standard InChI is InChI=1S/C15H19F3N4O/c1-9(2)21-3-4-22-11(8-21)7-20-14(23)12-5-10(15(16,17)18)6-19-13(12)22/h5-6,9,11H,3-4,7-8H2,1-2H3,(H,20,23)/t11-/m1/s1. The molecule has 0 bridgehead atoms. The lowest BCUT2D eigenvalue weighted by molar-refractivity contribution is -0.137. The molecular weight excluding hydrogens is 309 g/mol. The number of anilines is 1. The first kappa shape index (κ1) is 16.0. The fourth-order valence-electron chi connectivity index (χ4n) is 3.12. The zero-order valence-electron chi connectivity index (χ0n) is 13.0. The second-order valence-electron chi connectivity index (χ2n) is 6.24. The molecule has 0 aromatic carbocycles. The van der Waals surface area contributed by atoms with Crippen molar-refractivity contribution in [1.82, 2.24) is 15.2 Å². The van der Waals surface area contributed by atoms with Crippen molar-refractivity contribution in [2.45, 2.75) is 32.1 Å². The highest BCUT2D eigenvalue weighted by Gasteiger charge is 2.37. The third-order valence-corrected chi connectivity index (χ3v) is 4.45. The second-order valence-corrected chi connectivity index (χ2v) is 6.24. The van der Waals surface area contributed by atoms with E-state index in [0.717, 1.165) is 25.4 Å². The predicted molar refractivity (Wildman–Crippen MR) is 79.4 cm³/mol. The number of fused-ring (bicyclic) bond motifs is 3. The van der Waals surface area contributed by atoms with E-state index in [1.807, 2.05) is 4.90 Å². The van der Waals surface area contributed by atoms with Gasteiger partial charge in [-0.15, -0.1) is 0 Å². The van der Waals surface area contributed by atoms with Crippen molar-refractivity contribution in [3.05, 3.63) is 23.4 Å². The number of pyridine rings is 1. The van der Waals surface area contributed by atoms with Crippen molar-refractivity contribution in [2.75, 3.05) is 31.1 Å². The van der Waals surface area contributed by atoms with Crippen LogP contribution in [0.2, 0.25) is 0 Å². The van der Waals surface area contributed by atoms with Crippen LogP contribution >= 0.6 is 0 Å². The molecule has 0 radical (unpaired) electrons. The van der Waals surface area contributed by atoms with Gasteiger partial charge in [-0.2, -0.15) is 13.2 Å². The monoisotopic (exact) mass is 328 g/mol. The molecule has 0 aliphatic carbocycles. The van der Waals surface area contributed by atoms with E-state index in [9.17, 15) is 18.0 Å². The Labute approximate surface area is 132 Å². The van der Waals surface area contributed by atoms with E-state index >= 15 is 0 Å². The minimum Gasteiger partial charge on any atom is -0.350 e. The molecule has 1 N–H and O–H groups in total. The molecule has 5 nitrogen and oxygen atoms in total. The average molecular weight is 328 g/mol. The molecule has 3 heterocycles. The van der Waals surface area contributed by atoms with Gasteiger partial charge in [0, 0.05) is 38.4 Å². The molecule has 1 atom stereocenters. The van der Waals surface area contributed by atoms with Crippen LogP contribution in [-0.2, 0) is 6.18 Å². The van der Waals surface area contributed by atoms with Crippen LogP contribution in [0.1, 0.15) is 29.8 Å². The Hall–Kier alpha value is -1.83. The zero-order valence-corrected chi connectivity index (χ0v) is 13.0. The van der Waals surface area contributed by atoms with Crippen molar-refractivity contribution in [2.24, 2.45) is 0 Å². The molecule has 1 aromatic rings. The molecule has 3 rings (SSSR count). The van der Waals surface area contributed by atoms with Crippen LogP contribution in [0.5, 0.6) is 0 Å². The smallest absolute Gasteiger partial charge is 0.350 e.